The third-order valence-electron chi connectivity index (χ3n) is 3.46. The summed E-state index contributed by atoms with van der Waals surface area (Å²) in [4.78, 5) is 23.8. The number of hydrogen-bond donors (Lipinski definition) is 2. The van der Waals surface area contributed by atoms with Crippen molar-refractivity contribution in [3.8, 4) is 0 Å². The zero-order valence-electron chi connectivity index (χ0n) is 10.7. The van der Waals surface area contributed by atoms with Crippen molar-refractivity contribution in [1.82, 2.24) is 10.6 Å². The van der Waals surface area contributed by atoms with Gasteiger partial charge in [0.15, 0.2) is 0 Å². The highest BCUT2D eigenvalue weighted by atomic mass is 16.2. The van der Waals surface area contributed by atoms with Gasteiger partial charge >= 0.3 is 6.03 Å². The lowest BCUT2D eigenvalue weighted by Crippen LogP contribution is -2.52. The fourth-order valence-corrected chi connectivity index (χ4v) is 2.54. The van der Waals surface area contributed by atoms with E-state index in [1.54, 1.807) is 0 Å². The van der Waals surface area contributed by atoms with Crippen molar-refractivity contribution in [3.63, 3.8) is 0 Å². The van der Waals surface area contributed by atoms with Crippen molar-refractivity contribution in [1.29, 1.82) is 0 Å². The van der Waals surface area contributed by atoms with Gasteiger partial charge < -0.3 is 5.32 Å². The first-order valence-corrected chi connectivity index (χ1v) is 6.47. The maximum absolute atomic E-state index is 12.2. The molecule has 2 aromatic rings. The number of rotatable bonds is 2. The molecule has 4 heteroatoms. The second-order valence-corrected chi connectivity index (χ2v) is 4.74. The molecule has 3 amide bonds. The van der Waals surface area contributed by atoms with Gasteiger partial charge in [0, 0.05) is 0 Å². The summed E-state index contributed by atoms with van der Waals surface area (Å²) in [6, 6.07) is 18.2. The molecule has 0 bridgehead atoms. The number of carbonyl (C=O) groups is 2. The van der Waals surface area contributed by atoms with E-state index in [1.165, 1.54) is 0 Å². The van der Waals surface area contributed by atoms with Crippen LogP contribution in [0.1, 0.15) is 23.1 Å². The quantitative estimate of drug-likeness (QED) is 0.876. The summed E-state index contributed by atoms with van der Waals surface area (Å²) in [7, 11) is 0. The molecular weight excluding hydrogens is 252 g/mol. The van der Waals surface area contributed by atoms with Crippen LogP contribution < -0.4 is 10.6 Å². The third kappa shape index (κ3) is 2.28. The normalized spacial score (nSPS) is 22.0. The van der Waals surface area contributed by atoms with Crippen molar-refractivity contribution >= 4 is 11.9 Å². The Kier molecular flexibility index (Phi) is 3.21. The van der Waals surface area contributed by atoms with E-state index >= 15 is 0 Å². The molecule has 100 valence electrons. The number of urea groups is 1. The smallest absolute Gasteiger partial charge is 0.321 e. The number of amides is 3. The van der Waals surface area contributed by atoms with Crippen molar-refractivity contribution in [2.75, 3.05) is 0 Å². The number of carbonyl (C=O) groups excluding carboxylic acids is 2. The van der Waals surface area contributed by atoms with Gasteiger partial charge in [-0.15, -0.1) is 0 Å². The van der Waals surface area contributed by atoms with Gasteiger partial charge in [0.05, 0.1) is 12.0 Å². The van der Waals surface area contributed by atoms with E-state index in [-0.39, 0.29) is 11.9 Å². The molecular formula is C16H14N2O2. The summed E-state index contributed by atoms with van der Waals surface area (Å²) in [5.74, 6) is -0.690. The molecule has 0 saturated carbocycles. The molecule has 2 atom stereocenters. The first-order valence-electron chi connectivity index (χ1n) is 6.47. The summed E-state index contributed by atoms with van der Waals surface area (Å²) < 4.78 is 0. The summed E-state index contributed by atoms with van der Waals surface area (Å²) in [5, 5.41) is 5.18. The van der Waals surface area contributed by atoms with Gasteiger partial charge in [0.1, 0.15) is 0 Å². The molecule has 0 aromatic heterocycles. The lowest BCUT2D eigenvalue weighted by molar-refractivity contribution is -0.123. The van der Waals surface area contributed by atoms with Crippen molar-refractivity contribution in [2.45, 2.75) is 12.0 Å². The molecule has 0 aliphatic carbocycles. The molecule has 4 nitrogen and oxygen atoms in total. The average molecular weight is 266 g/mol. The van der Waals surface area contributed by atoms with E-state index in [4.69, 9.17) is 0 Å². The van der Waals surface area contributed by atoms with Crippen molar-refractivity contribution < 1.29 is 9.59 Å². The van der Waals surface area contributed by atoms with Crippen LogP contribution in [0.2, 0.25) is 0 Å². The molecule has 1 heterocycles. The minimum absolute atomic E-state index is 0.270. The van der Waals surface area contributed by atoms with Crippen LogP contribution in [0, 0.1) is 0 Å². The molecule has 1 fully saturated rings. The molecule has 0 spiro atoms. The van der Waals surface area contributed by atoms with Crippen LogP contribution >= 0.6 is 0 Å². The largest absolute Gasteiger partial charge is 0.330 e. The molecule has 0 radical (unpaired) electrons. The number of imide groups is 1. The van der Waals surface area contributed by atoms with Gasteiger partial charge in [0.25, 0.3) is 0 Å². The Morgan fingerprint density at radius 2 is 1.30 bits per heavy atom. The molecule has 0 unspecified atom stereocenters. The van der Waals surface area contributed by atoms with Crippen LogP contribution in [0.25, 0.3) is 0 Å². The predicted molar refractivity (Wildman–Crippen MR) is 75.0 cm³/mol. The number of hydrogen-bond acceptors (Lipinski definition) is 2. The zero-order valence-corrected chi connectivity index (χ0v) is 10.7. The SMILES string of the molecule is O=C1NC(=O)[C@@H](c2ccccc2)[C@@H](c2ccccc2)N1. The van der Waals surface area contributed by atoms with Crippen molar-refractivity contribution in [2.24, 2.45) is 0 Å². The van der Waals surface area contributed by atoms with Crippen LogP contribution in [0.3, 0.4) is 0 Å². The lowest BCUT2D eigenvalue weighted by Gasteiger charge is -2.32. The van der Waals surface area contributed by atoms with Crippen LogP contribution in [0.15, 0.2) is 60.7 Å². The molecule has 1 aliphatic heterocycles. The predicted octanol–water partition coefficient (Wildman–Crippen LogP) is 2.35. The van der Waals surface area contributed by atoms with Gasteiger partial charge in [0.2, 0.25) is 5.91 Å². The summed E-state index contributed by atoms with van der Waals surface area (Å²) in [6.07, 6.45) is 0. The van der Waals surface area contributed by atoms with Gasteiger partial charge in [-0.25, -0.2) is 4.79 Å². The molecule has 20 heavy (non-hydrogen) atoms. The van der Waals surface area contributed by atoms with Crippen molar-refractivity contribution in [3.05, 3.63) is 71.8 Å². The second kappa shape index (κ2) is 5.17. The molecule has 1 aliphatic rings. The number of nitrogens with one attached hydrogen (secondary N) is 2. The van der Waals surface area contributed by atoms with E-state index in [1.807, 2.05) is 60.7 Å². The van der Waals surface area contributed by atoms with Gasteiger partial charge in [-0.1, -0.05) is 60.7 Å². The van der Waals surface area contributed by atoms with Crippen LogP contribution in [0.4, 0.5) is 4.79 Å². The Labute approximate surface area is 116 Å². The highest BCUT2D eigenvalue weighted by Gasteiger charge is 2.37. The Hall–Kier alpha value is -2.62. The topological polar surface area (TPSA) is 58.2 Å². The zero-order chi connectivity index (χ0) is 13.9. The minimum atomic E-state index is -0.448. The van der Waals surface area contributed by atoms with Gasteiger partial charge in [-0.2, -0.15) is 0 Å². The van der Waals surface area contributed by atoms with Crippen LogP contribution in [0.5, 0.6) is 0 Å². The Morgan fingerprint density at radius 3 is 1.90 bits per heavy atom. The highest BCUT2D eigenvalue weighted by Crippen LogP contribution is 2.33. The summed E-state index contributed by atoms with van der Waals surface area (Å²) in [6.45, 7) is 0. The Bertz CT molecular complexity index is 625. The molecule has 1 saturated heterocycles. The van der Waals surface area contributed by atoms with E-state index in [0.29, 0.717) is 0 Å². The number of benzene rings is 2. The summed E-state index contributed by atoms with van der Waals surface area (Å²) >= 11 is 0. The van der Waals surface area contributed by atoms with E-state index in [2.05, 4.69) is 10.6 Å². The first-order chi connectivity index (χ1) is 9.75. The summed E-state index contributed by atoms with van der Waals surface area (Å²) in [5.41, 5.74) is 1.81. The fourth-order valence-electron chi connectivity index (χ4n) is 2.54. The molecule has 2 N–H and O–H groups in total. The van der Waals surface area contributed by atoms with Crippen LogP contribution in [-0.2, 0) is 4.79 Å². The van der Waals surface area contributed by atoms with Gasteiger partial charge in [-0.3, -0.25) is 10.1 Å². The standard InChI is InChI=1S/C16H14N2O2/c19-15-13(11-7-3-1-4-8-11)14(17-16(20)18-15)12-9-5-2-6-10-12/h1-10,13-14H,(H2,17,18,19,20)/t13-,14+/m0/s1. The van der Waals surface area contributed by atoms with Crippen LogP contribution in [-0.4, -0.2) is 11.9 Å². The van der Waals surface area contributed by atoms with Gasteiger partial charge in [-0.05, 0) is 11.1 Å². The fraction of sp³-hybridized carbons (Fsp3) is 0.125. The molecule has 3 rings (SSSR count). The van der Waals surface area contributed by atoms with E-state index in [0.717, 1.165) is 11.1 Å². The average Bonchev–Trinajstić information content (AvgIpc) is 2.48. The van der Waals surface area contributed by atoms with E-state index in [9.17, 15) is 9.59 Å². The molecule has 2 aromatic carbocycles. The maximum Gasteiger partial charge on any atom is 0.321 e. The lowest BCUT2D eigenvalue weighted by atomic mass is 9.85. The maximum atomic E-state index is 12.2. The monoisotopic (exact) mass is 266 g/mol. The van der Waals surface area contributed by atoms with E-state index < -0.39 is 11.9 Å². The first kappa shape index (κ1) is 12.4. The Balaban J connectivity index is 2.03. The minimum Gasteiger partial charge on any atom is -0.330 e. The Morgan fingerprint density at radius 1 is 0.750 bits per heavy atom. The highest BCUT2D eigenvalue weighted by molar-refractivity contribution is 6.01. The third-order valence-corrected chi connectivity index (χ3v) is 3.46. The second-order valence-electron chi connectivity index (χ2n) is 4.74.